The fraction of sp³-hybridized carbons (Fsp3) is 0.600. The maximum absolute atomic E-state index is 5.64. The van der Waals surface area contributed by atoms with Crippen molar-refractivity contribution in [2.24, 2.45) is 5.90 Å². The third kappa shape index (κ3) is 5.22. The minimum absolute atomic E-state index is 0.579. The van der Waals surface area contributed by atoms with E-state index in [0.29, 0.717) is 6.61 Å². The molecule has 5 heteroatoms. The molecule has 2 N–H and O–H groups in total. The fourth-order valence-electron chi connectivity index (χ4n) is 1.18. The predicted octanol–water partition coefficient (Wildman–Crippen LogP) is 1.46. The van der Waals surface area contributed by atoms with E-state index in [2.05, 4.69) is 9.74 Å². The monoisotopic (exact) mass is 230 g/mol. The molecule has 86 valence electrons. The van der Waals surface area contributed by atoms with E-state index in [-0.39, 0.29) is 0 Å². The Morgan fingerprint density at radius 1 is 1.40 bits per heavy atom. The third-order valence-electron chi connectivity index (χ3n) is 1.78. The maximum atomic E-state index is 5.64. The summed E-state index contributed by atoms with van der Waals surface area (Å²) in [5.74, 6) is 8.70. The fourth-order valence-corrected chi connectivity index (χ4v) is 1.89. The van der Waals surface area contributed by atoms with Gasteiger partial charge in [-0.15, -0.1) is 0 Å². The molecule has 0 saturated heterocycles. The van der Waals surface area contributed by atoms with E-state index in [1.54, 1.807) is 11.8 Å². The van der Waals surface area contributed by atoms with Crippen LogP contribution in [0.2, 0.25) is 0 Å². The Balaban J connectivity index is 2.26. The summed E-state index contributed by atoms with van der Waals surface area (Å²) in [4.78, 5) is 6.56. The van der Waals surface area contributed by atoms with Gasteiger partial charge in [-0.2, -0.15) is 11.8 Å². The Hall–Kier alpha value is -0.490. The molecular weight excluding hydrogens is 212 g/mol. The molecule has 0 aliphatic rings. The molecule has 0 atom stereocenters. The van der Waals surface area contributed by atoms with Gasteiger partial charge in [0.25, 0.3) is 0 Å². The van der Waals surface area contributed by atoms with Gasteiger partial charge in [-0.1, -0.05) is 0 Å². The second-order valence-corrected chi connectivity index (χ2v) is 4.63. The molecule has 1 heterocycles. The molecule has 0 aliphatic heterocycles. The average Bonchev–Trinajstić information content (AvgIpc) is 2.59. The standard InChI is InChI=1S/C10H18N2O2S/c1-12(2)7-9-3-4-10(14-9)8-15-6-5-13-11/h3-4H,5-8,11H2,1-2H3. The number of thioether (sulfide) groups is 1. The van der Waals surface area contributed by atoms with Crippen molar-refractivity contribution in [3.63, 3.8) is 0 Å². The van der Waals surface area contributed by atoms with E-state index in [1.165, 1.54) is 0 Å². The van der Waals surface area contributed by atoms with Gasteiger partial charge in [-0.3, -0.25) is 0 Å². The predicted molar refractivity (Wildman–Crippen MR) is 62.4 cm³/mol. The van der Waals surface area contributed by atoms with Crippen molar-refractivity contribution in [2.45, 2.75) is 12.3 Å². The lowest BCUT2D eigenvalue weighted by molar-refractivity contribution is 0.155. The van der Waals surface area contributed by atoms with Crippen LogP contribution in [0.4, 0.5) is 0 Å². The Labute approximate surface area is 94.7 Å². The summed E-state index contributed by atoms with van der Waals surface area (Å²) in [5, 5.41) is 0. The van der Waals surface area contributed by atoms with Crippen LogP contribution in [-0.4, -0.2) is 31.4 Å². The van der Waals surface area contributed by atoms with Crippen molar-refractivity contribution in [1.29, 1.82) is 0 Å². The van der Waals surface area contributed by atoms with Gasteiger partial charge in [0, 0.05) is 5.75 Å². The van der Waals surface area contributed by atoms with Gasteiger partial charge in [0.1, 0.15) is 11.5 Å². The summed E-state index contributed by atoms with van der Waals surface area (Å²) < 4.78 is 5.64. The topological polar surface area (TPSA) is 51.6 Å². The SMILES string of the molecule is CN(C)Cc1ccc(CSCCON)o1. The van der Waals surface area contributed by atoms with E-state index in [4.69, 9.17) is 10.3 Å². The molecule has 1 rings (SSSR count). The summed E-state index contributed by atoms with van der Waals surface area (Å²) in [5.41, 5.74) is 0. The molecule has 0 spiro atoms. The summed E-state index contributed by atoms with van der Waals surface area (Å²) in [6.07, 6.45) is 0. The van der Waals surface area contributed by atoms with E-state index < -0.39 is 0 Å². The largest absolute Gasteiger partial charge is 0.464 e. The molecule has 0 radical (unpaired) electrons. The molecule has 0 amide bonds. The third-order valence-corrected chi connectivity index (χ3v) is 2.72. The Morgan fingerprint density at radius 3 is 2.80 bits per heavy atom. The van der Waals surface area contributed by atoms with Crippen molar-refractivity contribution >= 4 is 11.8 Å². The van der Waals surface area contributed by atoms with Crippen LogP contribution >= 0.6 is 11.8 Å². The van der Waals surface area contributed by atoms with E-state index in [1.807, 2.05) is 26.2 Å². The highest BCUT2D eigenvalue weighted by molar-refractivity contribution is 7.98. The lowest BCUT2D eigenvalue weighted by Crippen LogP contribution is -2.09. The molecule has 0 saturated carbocycles. The van der Waals surface area contributed by atoms with Gasteiger partial charge in [0.2, 0.25) is 0 Å². The van der Waals surface area contributed by atoms with Crippen LogP contribution in [-0.2, 0) is 17.1 Å². The number of nitrogens with zero attached hydrogens (tertiary/aromatic N) is 1. The van der Waals surface area contributed by atoms with Gasteiger partial charge in [-0.05, 0) is 26.2 Å². The van der Waals surface area contributed by atoms with Crippen molar-refractivity contribution < 1.29 is 9.25 Å². The quantitative estimate of drug-likeness (QED) is 0.568. The average molecular weight is 230 g/mol. The minimum atomic E-state index is 0.579. The normalized spacial score (nSPS) is 11.2. The van der Waals surface area contributed by atoms with Crippen LogP contribution in [0.5, 0.6) is 0 Å². The van der Waals surface area contributed by atoms with Crippen molar-refractivity contribution in [3.05, 3.63) is 23.7 Å². The molecule has 0 aromatic carbocycles. The number of hydrogen-bond acceptors (Lipinski definition) is 5. The highest BCUT2D eigenvalue weighted by Crippen LogP contribution is 2.15. The first-order valence-corrected chi connectivity index (χ1v) is 5.99. The minimum Gasteiger partial charge on any atom is -0.464 e. The van der Waals surface area contributed by atoms with Crippen molar-refractivity contribution in [2.75, 3.05) is 26.5 Å². The summed E-state index contributed by atoms with van der Waals surface area (Å²) in [6.45, 7) is 1.42. The zero-order valence-corrected chi connectivity index (χ0v) is 10.0. The Kier molecular flexibility index (Phi) is 5.78. The smallest absolute Gasteiger partial charge is 0.118 e. The summed E-state index contributed by atoms with van der Waals surface area (Å²) in [6, 6.07) is 4.05. The number of hydrogen-bond donors (Lipinski definition) is 1. The summed E-state index contributed by atoms with van der Waals surface area (Å²) >= 11 is 1.75. The second kappa shape index (κ2) is 6.90. The van der Waals surface area contributed by atoms with Crippen LogP contribution in [0.15, 0.2) is 16.5 Å². The zero-order chi connectivity index (χ0) is 11.1. The maximum Gasteiger partial charge on any atom is 0.118 e. The molecule has 0 aliphatic carbocycles. The lowest BCUT2D eigenvalue weighted by atomic mass is 10.4. The van der Waals surface area contributed by atoms with Gasteiger partial charge in [0.15, 0.2) is 0 Å². The van der Waals surface area contributed by atoms with Gasteiger partial charge in [-0.25, -0.2) is 5.90 Å². The molecule has 1 aromatic rings. The van der Waals surface area contributed by atoms with E-state index in [0.717, 1.165) is 29.6 Å². The first-order chi connectivity index (χ1) is 7.22. The lowest BCUT2D eigenvalue weighted by Gasteiger charge is -2.05. The van der Waals surface area contributed by atoms with Crippen LogP contribution < -0.4 is 5.90 Å². The second-order valence-electron chi connectivity index (χ2n) is 3.53. The number of nitrogens with two attached hydrogens (primary N) is 1. The van der Waals surface area contributed by atoms with Crippen LogP contribution in [0.25, 0.3) is 0 Å². The molecule has 1 aromatic heterocycles. The van der Waals surface area contributed by atoms with Crippen LogP contribution in [0, 0.1) is 0 Å². The Morgan fingerprint density at radius 2 is 2.13 bits per heavy atom. The number of rotatable bonds is 7. The van der Waals surface area contributed by atoms with Gasteiger partial charge >= 0.3 is 0 Å². The number of furan rings is 1. The van der Waals surface area contributed by atoms with E-state index >= 15 is 0 Å². The van der Waals surface area contributed by atoms with Crippen molar-refractivity contribution in [3.8, 4) is 0 Å². The van der Waals surface area contributed by atoms with Gasteiger partial charge < -0.3 is 14.2 Å². The first kappa shape index (κ1) is 12.6. The molecule has 0 bridgehead atoms. The van der Waals surface area contributed by atoms with Crippen molar-refractivity contribution in [1.82, 2.24) is 4.90 Å². The van der Waals surface area contributed by atoms with Crippen LogP contribution in [0.1, 0.15) is 11.5 Å². The Bertz CT molecular complexity index is 276. The zero-order valence-electron chi connectivity index (χ0n) is 9.23. The van der Waals surface area contributed by atoms with Gasteiger partial charge in [0.05, 0.1) is 18.9 Å². The molecule has 15 heavy (non-hydrogen) atoms. The highest BCUT2D eigenvalue weighted by Gasteiger charge is 2.02. The molecule has 4 nitrogen and oxygen atoms in total. The van der Waals surface area contributed by atoms with Crippen LogP contribution in [0.3, 0.4) is 0 Å². The summed E-state index contributed by atoms with van der Waals surface area (Å²) in [7, 11) is 4.05. The molecule has 0 fully saturated rings. The van der Waals surface area contributed by atoms with E-state index in [9.17, 15) is 0 Å². The first-order valence-electron chi connectivity index (χ1n) is 4.84. The highest BCUT2D eigenvalue weighted by atomic mass is 32.2. The molecular formula is C10H18N2O2S. The molecule has 0 unspecified atom stereocenters.